The number of hydrogen-bond donors (Lipinski definition) is 0. The summed E-state index contributed by atoms with van der Waals surface area (Å²) in [6, 6.07) is 42.0. The summed E-state index contributed by atoms with van der Waals surface area (Å²) in [7, 11) is -1.91. The highest BCUT2D eigenvalue weighted by atomic mass is 79.9. The zero-order valence-corrected chi connectivity index (χ0v) is 20.3. The second-order valence-electron chi connectivity index (χ2n) is 6.96. The third-order valence-corrected chi connectivity index (χ3v) is 10.7. The Morgan fingerprint density at radius 3 is 1.38 bits per heavy atom. The van der Waals surface area contributed by atoms with Crippen molar-refractivity contribution in [2.75, 3.05) is 0 Å². The molecule has 0 spiro atoms. The van der Waals surface area contributed by atoms with Crippen LogP contribution in [0.5, 0.6) is 0 Å². The van der Waals surface area contributed by atoms with E-state index in [4.69, 9.17) is 0 Å². The minimum Gasteiger partial charge on any atom is -1.00 e. The molecule has 0 nitrogen and oxygen atoms in total. The average molecular weight is 526 g/mol. The van der Waals surface area contributed by atoms with E-state index < -0.39 is 7.26 Å². The minimum atomic E-state index is -1.91. The van der Waals surface area contributed by atoms with Crippen LogP contribution in [-0.4, -0.2) is 0 Å². The second-order valence-corrected chi connectivity index (χ2v) is 11.6. The normalized spacial score (nSPS) is 12.1. The van der Waals surface area contributed by atoms with Crippen LogP contribution in [0.15, 0.2) is 120 Å². The maximum absolute atomic E-state index is 3.68. The maximum Gasteiger partial charge on any atom is 0.119 e. The first kappa shape index (κ1) is 22.0. The quantitative estimate of drug-likeness (QED) is 0.350. The first-order valence-corrected chi connectivity index (χ1v) is 12.2. The molecule has 0 aliphatic rings. The van der Waals surface area contributed by atoms with Crippen molar-refractivity contribution >= 4 is 39.1 Å². The molecule has 0 saturated heterocycles. The molecule has 0 aliphatic heterocycles. The van der Waals surface area contributed by atoms with Crippen molar-refractivity contribution in [2.24, 2.45) is 0 Å². The topological polar surface area (TPSA) is 0 Å². The molecular formula is C26H23Br2P. The number of halogens is 2. The van der Waals surface area contributed by atoms with E-state index in [0.717, 1.165) is 4.47 Å². The highest BCUT2D eigenvalue weighted by molar-refractivity contribution is 9.10. The lowest BCUT2D eigenvalue weighted by Gasteiger charge is -2.33. The van der Waals surface area contributed by atoms with Crippen LogP contribution < -0.4 is 32.9 Å². The maximum atomic E-state index is 3.68. The molecule has 0 aliphatic carbocycles. The molecule has 0 heterocycles. The van der Waals surface area contributed by atoms with Crippen molar-refractivity contribution in [3.8, 4) is 0 Å². The molecule has 4 aromatic carbocycles. The molecule has 0 fully saturated rings. The smallest absolute Gasteiger partial charge is 0.119 e. The van der Waals surface area contributed by atoms with Gasteiger partial charge in [-0.3, -0.25) is 0 Å². The van der Waals surface area contributed by atoms with Crippen LogP contribution in [0.2, 0.25) is 0 Å². The van der Waals surface area contributed by atoms with E-state index in [1.807, 2.05) is 0 Å². The second kappa shape index (κ2) is 9.85. The van der Waals surface area contributed by atoms with Crippen LogP contribution in [-0.2, 0) is 0 Å². The van der Waals surface area contributed by atoms with Gasteiger partial charge in [0.2, 0.25) is 0 Å². The molecule has 0 radical (unpaired) electrons. The van der Waals surface area contributed by atoms with Crippen molar-refractivity contribution in [1.29, 1.82) is 0 Å². The lowest BCUT2D eigenvalue weighted by atomic mass is 10.2. The molecule has 146 valence electrons. The Kier molecular flexibility index (Phi) is 7.46. The summed E-state index contributed by atoms with van der Waals surface area (Å²) in [5.41, 5.74) is 1.71. The highest BCUT2D eigenvalue weighted by Crippen LogP contribution is 2.66. The zero-order chi connectivity index (χ0) is 19.4. The summed E-state index contributed by atoms with van der Waals surface area (Å²) >= 11 is 3.68. The fraction of sp³-hybridized carbons (Fsp3) is 0.0769. The first-order valence-electron chi connectivity index (χ1n) is 9.54. The number of hydrogen-bond acceptors (Lipinski definition) is 0. The summed E-state index contributed by atoms with van der Waals surface area (Å²) in [4.78, 5) is 0. The predicted molar refractivity (Wildman–Crippen MR) is 128 cm³/mol. The van der Waals surface area contributed by atoms with E-state index in [0.29, 0.717) is 5.66 Å². The van der Waals surface area contributed by atoms with Crippen molar-refractivity contribution < 1.29 is 17.0 Å². The molecule has 0 aromatic heterocycles. The Morgan fingerprint density at radius 1 is 0.586 bits per heavy atom. The molecule has 3 heteroatoms. The largest absolute Gasteiger partial charge is 1.00 e. The van der Waals surface area contributed by atoms with Crippen LogP contribution in [0, 0.1) is 0 Å². The van der Waals surface area contributed by atoms with Crippen molar-refractivity contribution in [3.63, 3.8) is 0 Å². The Labute approximate surface area is 193 Å². The minimum absolute atomic E-state index is 0. The van der Waals surface area contributed by atoms with Gasteiger partial charge in [-0.25, -0.2) is 0 Å². The molecule has 1 unspecified atom stereocenters. The molecular weight excluding hydrogens is 503 g/mol. The van der Waals surface area contributed by atoms with Gasteiger partial charge in [-0.15, -0.1) is 0 Å². The summed E-state index contributed by atoms with van der Waals surface area (Å²) in [5, 5.41) is 4.25. The fourth-order valence-corrected chi connectivity index (χ4v) is 9.29. The first-order chi connectivity index (χ1) is 13.7. The van der Waals surface area contributed by atoms with Gasteiger partial charge in [0.1, 0.15) is 28.8 Å². The van der Waals surface area contributed by atoms with E-state index in [2.05, 4.69) is 138 Å². The lowest BCUT2D eigenvalue weighted by Crippen LogP contribution is -3.00. The van der Waals surface area contributed by atoms with E-state index in [1.54, 1.807) is 0 Å². The van der Waals surface area contributed by atoms with Crippen molar-refractivity contribution in [3.05, 3.63) is 125 Å². The van der Waals surface area contributed by atoms with Gasteiger partial charge in [-0.2, -0.15) is 0 Å². The molecule has 0 amide bonds. The van der Waals surface area contributed by atoms with Gasteiger partial charge in [0.05, 0.1) is 0 Å². The Morgan fingerprint density at radius 2 is 1.00 bits per heavy atom. The Bertz CT molecular complexity index is 937. The Hall–Kier alpha value is -1.73. The van der Waals surface area contributed by atoms with Gasteiger partial charge >= 0.3 is 0 Å². The van der Waals surface area contributed by atoms with Crippen molar-refractivity contribution in [1.82, 2.24) is 0 Å². The molecule has 4 rings (SSSR count). The molecule has 1 atom stereocenters. The number of rotatable bonds is 5. The summed E-state index contributed by atoms with van der Waals surface area (Å²) in [5.74, 6) is 0. The van der Waals surface area contributed by atoms with Crippen molar-refractivity contribution in [2.45, 2.75) is 12.6 Å². The predicted octanol–water partition coefficient (Wildman–Crippen LogP) is 3.51. The van der Waals surface area contributed by atoms with Gasteiger partial charge in [0.25, 0.3) is 0 Å². The van der Waals surface area contributed by atoms with E-state index in [1.165, 1.54) is 21.5 Å². The van der Waals surface area contributed by atoms with E-state index in [9.17, 15) is 0 Å². The summed E-state index contributed by atoms with van der Waals surface area (Å²) in [6.07, 6.45) is 0. The van der Waals surface area contributed by atoms with Crippen LogP contribution in [0.4, 0.5) is 0 Å². The standard InChI is InChI=1S/C26H23BrP.BrH/c1-21(22-12-11-13-23(27)20-22)28(24-14-5-2-6-15-24,25-16-7-3-8-17-25)26-18-9-4-10-19-26;/h2-21H,1H3;1H/q+1;/p-1. The van der Waals surface area contributed by atoms with Gasteiger partial charge < -0.3 is 17.0 Å². The van der Waals surface area contributed by atoms with Crippen LogP contribution in [0.1, 0.15) is 18.1 Å². The van der Waals surface area contributed by atoms with Gasteiger partial charge in [-0.05, 0) is 61.0 Å². The van der Waals surface area contributed by atoms with E-state index in [-0.39, 0.29) is 17.0 Å². The molecule has 29 heavy (non-hydrogen) atoms. The third-order valence-electron chi connectivity index (χ3n) is 5.40. The highest BCUT2D eigenvalue weighted by Gasteiger charge is 2.50. The Balaban J connectivity index is 0.00000240. The fourth-order valence-electron chi connectivity index (χ4n) is 4.10. The lowest BCUT2D eigenvalue weighted by molar-refractivity contribution is -0.00000530. The molecule has 0 N–H and O–H groups in total. The van der Waals surface area contributed by atoms with Gasteiger partial charge in [0.15, 0.2) is 0 Å². The third kappa shape index (κ3) is 4.26. The average Bonchev–Trinajstić information content (AvgIpc) is 2.76. The van der Waals surface area contributed by atoms with Crippen LogP contribution in [0.3, 0.4) is 0 Å². The molecule has 0 saturated carbocycles. The monoisotopic (exact) mass is 524 g/mol. The van der Waals surface area contributed by atoms with Crippen LogP contribution >= 0.6 is 23.2 Å². The van der Waals surface area contributed by atoms with Gasteiger partial charge in [0, 0.05) is 4.47 Å². The molecule has 0 bridgehead atoms. The van der Waals surface area contributed by atoms with Gasteiger partial charge in [-0.1, -0.05) is 82.7 Å². The number of benzene rings is 4. The summed E-state index contributed by atoms with van der Waals surface area (Å²) in [6.45, 7) is 2.39. The molecule has 4 aromatic rings. The summed E-state index contributed by atoms with van der Waals surface area (Å²) < 4.78 is 1.13. The van der Waals surface area contributed by atoms with E-state index >= 15 is 0 Å². The zero-order valence-electron chi connectivity index (χ0n) is 16.3. The van der Waals surface area contributed by atoms with Crippen LogP contribution in [0.25, 0.3) is 0 Å². The SMILES string of the molecule is CC(c1cccc(Br)c1)[P+](c1ccccc1)(c1ccccc1)c1ccccc1.[Br-].